The summed E-state index contributed by atoms with van der Waals surface area (Å²) in [6.45, 7) is 6.44. The second kappa shape index (κ2) is 8.59. The summed E-state index contributed by atoms with van der Waals surface area (Å²) in [5.41, 5.74) is 3.11. The molecular formula is C24H25N7O3S. The Hall–Kier alpha value is -3.54. The van der Waals surface area contributed by atoms with Gasteiger partial charge in [-0.25, -0.2) is 4.52 Å². The maximum atomic E-state index is 13.0. The van der Waals surface area contributed by atoms with E-state index in [0.29, 0.717) is 40.7 Å². The summed E-state index contributed by atoms with van der Waals surface area (Å²) < 4.78 is 7.48. The maximum absolute atomic E-state index is 13.0. The third-order valence-electron chi connectivity index (χ3n) is 6.17. The molecule has 1 amide bonds. The molecule has 2 aliphatic heterocycles. The number of aromatic amines is 1. The highest BCUT2D eigenvalue weighted by Crippen LogP contribution is 2.31. The average molecular weight is 492 g/mol. The van der Waals surface area contributed by atoms with Crippen LogP contribution in [0.3, 0.4) is 0 Å². The van der Waals surface area contributed by atoms with Crippen LogP contribution in [-0.4, -0.2) is 68.8 Å². The second-order valence-electron chi connectivity index (χ2n) is 9.07. The van der Waals surface area contributed by atoms with Crippen LogP contribution in [-0.2, 0) is 9.53 Å². The molecule has 180 valence electrons. The number of aromatic nitrogens is 4. The number of fused-ring (bicyclic) bond motifs is 5. The molecule has 4 aromatic rings. The standard InChI is InChI=1S/C24H25N7O3S/c1-13-9-30(10-14(2)34-13)12-19(32)27-16-6-17-21(26-8-16)22-20(23(33)28-17)24-31(29-22)11-18(35-24)15-4-3-5-25-7-15/h3-6,8,11,13-14,25H,7,9-10,12H2,1-2H3,(H,27,32)(H,28,33)/t13-,14-/m0/s1. The molecule has 0 spiro atoms. The van der Waals surface area contributed by atoms with E-state index in [1.54, 1.807) is 16.8 Å². The van der Waals surface area contributed by atoms with Crippen molar-refractivity contribution in [1.29, 1.82) is 0 Å². The summed E-state index contributed by atoms with van der Waals surface area (Å²) in [6.07, 6.45) is 9.65. The second-order valence-corrected chi connectivity index (χ2v) is 10.1. The number of ether oxygens (including phenoxy) is 1. The van der Waals surface area contributed by atoms with Gasteiger partial charge in [0.05, 0.1) is 41.0 Å². The number of hydrogen-bond acceptors (Lipinski definition) is 8. The molecule has 2 atom stereocenters. The lowest BCUT2D eigenvalue weighted by molar-refractivity contribution is -0.121. The Morgan fingerprint density at radius 2 is 2.11 bits per heavy atom. The minimum atomic E-state index is -0.229. The van der Waals surface area contributed by atoms with Crippen molar-refractivity contribution >= 4 is 55.3 Å². The number of pyridine rings is 2. The number of dihydropyridines is 1. The number of anilines is 1. The third kappa shape index (κ3) is 4.11. The van der Waals surface area contributed by atoms with Crippen molar-refractivity contribution in [3.63, 3.8) is 0 Å². The van der Waals surface area contributed by atoms with Gasteiger partial charge in [-0.1, -0.05) is 6.08 Å². The number of amides is 1. The van der Waals surface area contributed by atoms with E-state index < -0.39 is 0 Å². The Bertz CT molecular complexity index is 1570. The normalized spacial score (nSPS) is 20.9. The minimum Gasteiger partial charge on any atom is -0.387 e. The van der Waals surface area contributed by atoms with Crippen LogP contribution in [0.4, 0.5) is 5.69 Å². The summed E-state index contributed by atoms with van der Waals surface area (Å²) in [7, 11) is 0. The maximum Gasteiger partial charge on any atom is 0.261 e. The lowest BCUT2D eigenvalue weighted by Crippen LogP contribution is -2.48. The van der Waals surface area contributed by atoms with E-state index in [1.165, 1.54) is 11.3 Å². The first-order valence-electron chi connectivity index (χ1n) is 11.6. The Morgan fingerprint density at radius 1 is 1.29 bits per heavy atom. The number of allylic oxidation sites excluding steroid dienone is 2. The molecule has 0 aliphatic carbocycles. The van der Waals surface area contributed by atoms with Crippen LogP contribution in [0.1, 0.15) is 18.7 Å². The van der Waals surface area contributed by atoms with Gasteiger partial charge in [0.15, 0.2) is 0 Å². The van der Waals surface area contributed by atoms with E-state index in [0.717, 1.165) is 21.8 Å². The van der Waals surface area contributed by atoms with Crippen molar-refractivity contribution in [1.82, 2.24) is 29.8 Å². The third-order valence-corrected chi connectivity index (χ3v) is 7.34. The van der Waals surface area contributed by atoms with Gasteiger partial charge in [0.25, 0.3) is 5.56 Å². The molecule has 4 aromatic heterocycles. The zero-order chi connectivity index (χ0) is 24.1. The summed E-state index contributed by atoms with van der Waals surface area (Å²) in [4.78, 5) is 37.1. The number of nitrogens with one attached hydrogen (secondary N) is 3. The van der Waals surface area contributed by atoms with Crippen LogP contribution in [0.25, 0.3) is 32.3 Å². The Morgan fingerprint density at radius 3 is 2.89 bits per heavy atom. The number of nitrogens with zero attached hydrogens (tertiary/aromatic N) is 4. The number of morpholine rings is 1. The topological polar surface area (TPSA) is 117 Å². The highest BCUT2D eigenvalue weighted by molar-refractivity contribution is 7.19. The van der Waals surface area contributed by atoms with Crippen molar-refractivity contribution in [2.24, 2.45) is 0 Å². The quantitative estimate of drug-likeness (QED) is 0.401. The van der Waals surface area contributed by atoms with Crippen molar-refractivity contribution < 1.29 is 9.53 Å². The van der Waals surface area contributed by atoms with Gasteiger partial charge < -0.3 is 20.4 Å². The number of H-pyrrole nitrogens is 1. The van der Waals surface area contributed by atoms with Gasteiger partial charge in [-0.2, -0.15) is 5.10 Å². The minimum absolute atomic E-state index is 0.0925. The molecule has 11 heteroatoms. The van der Waals surface area contributed by atoms with Crippen molar-refractivity contribution in [2.75, 3.05) is 31.5 Å². The molecule has 1 fully saturated rings. The molecular weight excluding hydrogens is 466 g/mol. The molecule has 35 heavy (non-hydrogen) atoms. The molecule has 0 bridgehead atoms. The van der Waals surface area contributed by atoms with E-state index in [2.05, 4.69) is 36.7 Å². The molecule has 3 N–H and O–H groups in total. The summed E-state index contributed by atoms with van der Waals surface area (Å²) in [5.74, 6) is -0.132. The van der Waals surface area contributed by atoms with E-state index >= 15 is 0 Å². The van der Waals surface area contributed by atoms with Crippen molar-refractivity contribution in [3.05, 3.63) is 52.0 Å². The number of carbonyl (C=O) groups is 1. The molecule has 0 saturated carbocycles. The zero-order valence-corrected chi connectivity index (χ0v) is 20.2. The molecule has 6 rings (SSSR count). The van der Waals surface area contributed by atoms with Gasteiger partial charge in [-0.05, 0) is 37.8 Å². The van der Waals surface area contributed by atoms with Gasteiger partial charge in [-0.3, -0.25) is 19.5 Å². The van der Waals surface area contributed by atoms with Crippen LogP contribution >= 0.6 is 11.3 Å². The molecule has 0 radical (unpaired) electrons. The van der Waals surface area contributed by atoms with E-state index in [9.17, 15) is 9.59 Å². The Labute approximate surface area is 204 Å². The van der Waals surface area contributed by atoms with Gasteiger partial charge in [-0.15, -0.1) is 11.3 Å². The fourth-order valence-electron chi connectivity index (χ4n) is 4.81. The Balaban J connectivity index is 1.29. The predicted octanol–water partition coefficient (Wildman–Crippen LogP) is 2.33. The van der Waals surface area contributed by atoms with E-state index in [4.69, 9.17) is 4.74 Å². The first-order chi connectivity index (χ1) is 16.9. The Kier molecular flexibility index (Phi) is 5.39. The molecule has 1 saturated heterocycles. The zero-order valence-electron chi connectivity index (χ0n) is 19.4. The lowest BCUT2D eigenvalue weighted by Gasteiger charge is -2.34. The number of hydrogen-bond donors (Lipinski definition) is 3. The number of rotatable bonds is 4. The van der Waals surface area contributed by atoms with E-state index in [-0.39, 0.29) is 30.2 Å². The molecule has 2 aliphatic rings. The van der Waals surface area contributed by atoms with Crippen LogP contribution in [0.5, 0.6) is 0 Å². The van der Waals surface area contributed by atoms with Gasteiger partial charge in [0.2, 0.25) is 5.91 Å². The monoisotopic (exact) mass is 491 g/mol. The van der Waals surface area contributed by atoms with Gasteiger partial charge in [0.1, 0.15) is 21.3 Å². The first kappa shape index (κ1) is 22.0. The number of thiazole rings is 1. The summed E-state index contributed by atoms with van der Waals surface area (Å²) in [5, 5.41) is 11.3. The SMILES string of the molecule is C[C@H]1CN(CC(=O)Nc2cnc3c(c2)[nH]c(=O)c2c3nn3cc(C4=CC=CNC4)sc23)C[C@H](C)O1. The van der Waals surface area contributed by atoms with Crippen LogP contribution in [0.15, 0.2) is 41.6 Å². The predicted molar refractivity (Wildman–Crippen MR) is 137 cm³/mol. The molecule has 10 nitrogen and oxygen atoms in total. The van der Waals surface area contributed by atoms with Gasteiger partial charge in [0, 0.05) is 25.8 Å². The smallest absolute Gasteiger partial charge is 0.261 e. The highest BCUT2D eigenvalue weighted by Gasteiger charge is 2.24. The van der Waals surface area contributed by atoms with Gasteiger partial charge >= 0.3 is 0 Å². The summed E-state index contributed by atoms with van der Waals surface area (Å²) in [6, 6.07) is 1.73. The molecule has 6 heterocycles. The highest BCUT2D eigenvalue weighted by atomic mass is 32.1. The van der Waals surface area contributed by atoms with Crippen molar-refractivity contribution in [2.45, 2.75) is 26.1 Å². The lowest BCUT2D eigenvalue weighted by atomic mass is 10.2. The fourth-order valence-corrected chi connectivity index (χ4v) is 5.92. The van der Waals surface area contributed by atoms with Crippen LogP contribution < -0.4 is 16.2 Å². The molecule has 0 aromatic carbocycles. The van der Waals surface area contributed by atoms with Crippen LogP contribution in [0.2, 0.25) is 0 Å². The molecule has 0 unspecified atom stereocenters. The fraction of sp³-hybridized carbons (Fsp3) is 0.333. The van der Waals surface area contributed by atoms with Crippen LogP contribution in [0, 0.1) is 0 Å². The first-order valence-corrected chi connectivity index (χ1v) is 12.4. The van der Waals surface area contributed by atoms with E-state index in [1.807, 2.05) is 32.3 Å². The van der Waals surface area contributed by atoms with Crippen molar-refractivity contribution in [3.8, 4) is 0 Å². The average Bonchev–Trinajstić information content (AvgIpc) is 3.37. The largest absolute Gasteiger partial charge is 0.387 e. The summed E-state index contributed by atoms with van der Waals surface area (Å²) >= 11 is 1.53. The number of carbonyl (C=O) groups excluding carboxylic acids is 1.